The van der Waals surface area contributed by atoms with Crippen LogP contribution >= 0.6 is 0 Å². The third-order valence-corrected chi connectivity index (χ3v) is 4.02. The van der Waals surface area contributed by atoms with Crippen molar-refractivity contribution in [1.29, 1.82) is 0 Å². The van der Waals surface area contributed by atoms with Crippen molar-refractivity contribution in [1.82, 2.24) is 24.1 Å². The average Bonchev–Trinajstić information content (AvgIpc) is 3.11. The van der Waals surface area contributed by atoms with Crippen molar-refractivity contribution in [3.8, 4) is 0 Å². The number of fused-ring (bicyclic) bond motifs is 2. The molecular formula is C17H18N6. The number of aromatic nitrogens is 5. The molecule has 0 aliphatic carbocycles. The average molecular weight is 306 g/mol. The molecule has 0 radical (unpaired) electrons. The van der Waals surface area contributed by atoms with Gasteiger partial charge in [0.05, 0.1) is 5.69 Å². The van der Waals surface area contributed by atoms with E-state index >= 15 is 0 Å². The van der Waals surface area contributed by atoms with Crippen LogP contribution in [0.3, 0.4) is 0 Å². The van der Waals surface area contributed by atoms with Gasteiger partial charge in [0, 0.05) is 42.5 Å². The van der Waals surface area contributed by atoms with E-state index in [1.54, 1.807) is 6.20 Å². The topological polar surface area (TPSA) is 60.0 Å². The highest BCUT2D eigenvalue weighted by atomic mass is 15.3. The van der Waals surface area contributed by atoms with E-state index in [0.717, 1.165) is 22.5 Å². The zero-order valence-electron chi connectivity index (χ0n) is 13.4. The van der Waals surface area contributed by atoms with E-state index in [9.17, 15) is 0 Å². The molecular weight excluding hydrogens is 288 g/mol. The molecule has 0 saturated carbocycles. The summed E-state index contributed by atoms with van der Waals surface area (Å²) in [5, 5.41) is 13.2. The highest BCUT2D eigenvalue weighted by molar-refractivity contribution is 5.95. The second kappa shape index (κ2) is 5.08. The lowest BCUT2D eigenvalue weighted by Gasteiger charge is -2.06. The molecule has 0 amide bonds. The summed E-state index contributed by atoms with van der Waals surface area (Å²) in [4.78, 5) is 4.45. The molecule has 0 saturated heterocycles. The third-order valence-electron chi connectivity index (χ3n) is 4.02. The van der Waals surface area contributed by atoms with Crippen LogP contribution in [0.1, 0.15) is 25.6 Å². The molecule has 4 aromatic rings. The van der Waals surface area contributed by atoms with Crippen LogP contribution in [0.15, 0.2) is 42.9 Å². The number of rotatable bonds is 3. The number of nitrogens with one attached hydrogen (secondary N) is 1. The molecule has 0 unspecified atom stereocenters. The lowest BCUT2D eigenvalue weighted by molar-refractivity contribution is 0.758. The van der Waals surface area contributed by atoms with Crippen LogP contribution in [0.4, 0.5) is 11.5 Å². The Labute approximate surface area is 133 Å². The molecule has 1 N–H and O–H groups in total. The Balaban J connectivity index is 1.84. The first-order chi connectivity index (χ1) is 11.1. The summed E-state index contributed by atoms with van der Waals surface area (Å²) in [5.74, 6) is 1.95. The number of hydrogen-bond donors (Lipinski definition) is 1. The van der Waals surface area contributed by atoms with Crippen LogP contribution in [0.25, 0.3) is 16.6 Å². The standard InChI is InChI=1S/C17H18N6/c1-11(2)16-20-21-17-15(18-8-9-23(16)17)19-13-10-22(3)14-7-5-4-6-12(13)14/h4-11H,1-3H3,(H,18,19). The minimum atomic E-state index is 0.304. The summed E-state index contributed by atoms with van der Waals surface area (Å²) >= 11 is 0. The molecule has 0 atom stereocenters. The van der Waals surface area contributed by atoms with Gasteiger partial charge in [-0.05, 0) is 6.07 Å². The first kappa shape index (κ1) is 13.8. The fourth-order valence-electron chi connectivity index (χ4n) is 2.89. The Morgan fingerprint density at radius 1 is 1.13 bits per heavy atom. The number of benzene rings is 1. The van der Waals surface area contributed by atoms with Gasteiger partial charge in [0.2, 0.25) is 5.65 Å². The van der Waals surface area contributed by atoms with Gasteiger partial charge in [-0.1, -0.05) is 32.0 Å². The van der Waals surface area contributed by atoms with Gasteiger partial charge in [-0.2, -0.15) is 0 Å². The summed E-state index contributed by atoms with van der Waals surface area (Å²) < 4.78 is 4.09. The molecule has 23 heavy (non-hydrogen) atoms. The van der Waals surface area contributed by atoms with Crippen LogP contribution in [0.2, 0.25) is 0 Å². The van der Waals surface area contributed by atoms with E-state index in [0.29, 0.717) is 11.7 Å². The first-order valence-electron chi connectivity index (χ1n) is 7.66. The highest BCUT2D eigenvalue weighted by Crippen LogP contribution is 2.28. The van der Waals surface area contributed by atoms with E-state index in [-0.39, 0.29) is 0 Å². The van der Waals surface area contributed by atoms with Gasteiger partial charge < -0.3 is 9.88 Å². The molecule has 0 spiro atoms. The van der Waals surface area contributed by atoms with Crippen LogP contribution in [-0.2, 0) is 7.05 Å². The first-order valence-corrected chi connectivity index (χ1v) is 7.66. The maximum atomic E-state index is 4.45. The third kappa shape index (κ3) is 2.14. The maximum absolute atomic E-state index is 4.45. The zero-order valence-corrected chi connectivity index (χ0v) is 13.4. The van der Waals surface area contributed by atoms with Gasteiger partial charge >= 0.3 is 0 Å². The molecule has 0 bridgehead atoms. The quantitative estimate of drug-likeness (QED) is 0.629. The Bertz CT molecular complexity index is 995. The summed E-state index contributed by atoms with van der Waals surface area (Å²) in [6.45, 7) is 4.21. The van der Waals surface area contributed by atoms with E-state index in [2.05, 4.69) is 57.2 Å². The Morgan fingerprint density at radius 2 is 1.96 bits per heavy atom. The molecule has 0 aliphatic heterocycles. The minimum absolute atomic E-state index is 0.304. The van der Waals surface area contributed by atoms with E-state index < -0.39 is 0 Å². The van der Waals surface area contributed by atoms with Gasteiger partial charge in [0.1, 0.15) is 5.82 Å². The van der Waals surface area contributed by atoms with Crippen molar-refractivity contribution < 1.29 is 0 Å². The lowest BCUT2D eigenvalue weighted by atomic mass is 10.2. The van der Waals surface area contributed by atoms with Gasteiger partial charge in [0.25, 0.3) is 0 Å². The van der Waals surface area contributed by atoms with Crippen molar-refractivity contribution in [2.24, 2.45) is 7.05 Å². The van der Waals surface area contributed by atoms with Crippen LogP contribution in [-0.4, -0.2) is 24.1 Å². The normalized spacial score (nSPS) is 11.7. The largest absolute Gasteiger partial charge is 0.348 e. The smallest absolute Gasteiger partial charge is 0.204 e. The number of hydrogen-bond acceptors (Lipinski definition) is 4. The molecule has 3 heterocycles. The predicted octanol–water partition coefficient (Wildman–Crippen LogP) is 3.48. The maximum Gasteiger partial charge on any atom is 0.204 e. The zero-order chi connectivity index (χ0) is 16.0. The summed E-state index contributed by atoms with van der Waals surface area (Å²) in [6, 6.07) is 8.28. The van der Waals surface area contributed by atoms with Gasteiger partial charge in [-0.3, -0.25) is 4.40 Å². The lowest BCUT2D eigenvalue weighted by Crippen LogP contribution is -2.00. The molecule has 6 heteroatoms. The Kier molecular flexibility index (Phi) is 3.04. The fraction of sp³-hybridized carbons (Fsp3) is 0.235. The van der Waals surface area contributed by atoms with E-state index in [1.807, 2.05) is 29.8 Å². The molecule has 4 rings (SSSR count). The molecule has 6 nitrogen and oxygen atoms in total. The SMILES string of the molecule is CC(C)c1nnc2c(Nc3cn(C)c4ccccc34)nccn12. The van der Waals surface area contributed by atoms with Gasteiger partial charge in [-0.25, -0.2) is 4.98 Å². The van der Waals surface area contributed by atoms with Gasteiger partial charge in [-0.15, -0.1) is 10.2 Å². The Hall–Kier alpha value is -2.89. The second-order valence-corrected chi connectivity index (χ2v) is 5.98. The van der Waals surface area contributed by atoms with Crippen LogP contribution in [0, 0.1) is 0 Å². The van der Waals surface area contributed by atoms with Crippen molar-refractivity contribution in [2.45, 2.75) is 19.8 Å². The van der Waals surface area contributed by atoms with Crippen molar-refractivity contribution >= 4 is 28.1 Å². The molecule has 116 valence electrons. The predicted molar refractivity (Wildman–Crippen MR) is 91.1 cm³/mol. The second-order valence-electron chi connectivity index (χ2n) is 5.98. The fourth-order valence-corrected chi connectivity index (χ4v) is 2.89. The minimum Gasteiger partial charge on any atom is -0.348 e. The van der Waals surface area contributed by atoms with E-state index in [4.69, 9.17) is 0 Å². The summed E-state index contributed by atoms with van der Waals surface area (Å²) in [5.41, 5.74) is 2.92. The van der Waals surface area contributed by atoms with E-state index in [1.165, 1.54) is 5.52 Å². The molecule has 1 aromatic carbocycles. The van der Waals surface area contributed by atoms with Crippen molar-refractivity contribution in [3.05, 3.63) is 48.7 Å². The molecule has 0 aliphatic rings. The van der Waals surface area contributed by atoms with Crippen LogP contribution in [0.5, 0.6) is 0 Å². The molecule has 0 fully saturated rings. The number of nitrogens with zero attached hydrogens (tertiary/aromatic N) is 5. The monoisotopic (exact) mass is 306 g/mol. The summed E-state index contributed by atoms with van der Waals surface area (Å²) in [6.07, 6.45) is 5.74. The number of para-hydroxylation sites is 1. The summed E-state index contributed by atoms with van der Waals surface area (Å²) in [7, 11) is 2.04. The molecule has 3 aromatic heterocycles. The highest BCUT2D eigenvalue weighted by Gasteiger charge is 2.14. The number of anilines is 2. The van der Waals surface area contributed by atoms with Crippen molar-refractivity contribution in [3.63, 3.8) is 0 Å². The number of aryl methyl sites for hydroxylation is 1. The Morgan fingerprint density at radius 3 is 2.78 bits per heavy atom. The van der Waals surface area contributed by atoms with Crippen molar-refractivity contribution in [2.75, 3.05) is 5.32 Å². The van der Waals surface area contributed by atoms with Gasteiger partial charge in [0.15, 0.2) is 5.82 Å². The van der Waals surface area contributed by atoms with Crippen LogP contribution < -0.4 is 5.32 Å².